The molecule has 1 aliphatic rings. The lowest BCUT2D eigenvalue weighted by molar-refractivity contribution is 0.0958. The molecule has 0 atom stereocenters. The predicted octanol–water partition coefficient (Wildman–Crippen LogP) is 2.12. The first-order valence-electron chi connectivity index (χ1n) is 5.53. The van der Waals surface area contributed by atoms with Gasteiger partial charge in [-0.1, -0.05) is 6.08 Å². The van der Waals surface area contributed by atoms with Crippen LogP contribution in [0.3, 0.4) is 0 Å². The fraction of sp³-hybridized carbons (Fsp3) is 0.417. The highest BCUT2D eigenvalue weighted by Crippen LogP contribution is 2.36. The molecule has 0 spiro atoms. The fourth-order valence-electron chi connectivity index (χ4n) is 2.09. The van der Waals surface area contributed by atoms with E-state index in [1.807, 2.05) is 0 Å². The van der Waals surface area contributed by atoms with Crippen LogP contribution in [-0.2, 0) is 12.8 Å². The maximum Gasteiger partial charge on any atom is 0.254 e. The number of aryl methyl sites for hydroxylation is 1. The Morgan fingerprint density at radius 1 is 1.50 bits per heavy atom. The molecule has 0 radical (unpaired) electrons. The van der Waals surface area contributed by atoms with E-state index in [0.717, 1.165) is 19.3 Å². The van der Waals surface area contributed by atoms with Gasteiger partial charge in [-0.15, -0.1) is 17.9 Å². The first kappa shape index (κ1) is 11.2. The number of anilines is 1. The van der Waals surface area contributed by atoms with Crippen LogP contribution in [0.15, 0.2) is 12.7 Å². The Kier molecular flexibility index (Phi) is 3.29. The zero-order valence-electron chi connectivity index (χ0n) is 9.21. The molecule has 0 aliphatic heterocycles. The fourth-order valence-corrected chi connectivity index (χ4v) is 3.25. The van der Waals surface area contributed by atoms with E-state index >= 15 is 0 Å². The molecule has 0 bridgehead atoms. The van der Waals surface area contributed by atoms with E-state index in [4.69, 9.17) is 5.73 Å². The van der Waals surface area contributed by atoms with Crippen molar-refractivity contribution in [3.05, 3.63) is 28.7 Å². The highest BCUT2D eigenvalue weighted by molar-refractivity contribution is 7.16. The van der Waals surface area contributed by atoms with Crippen molar-refractivity contribution in [2.45, 2.75) is 25.7 Å². The van der Waals surface area contributed by atoms with Gasteiger partial charge in [-0.05, 0) is 31.2 Å². The molecule has 86 valence electrons. The molecule has 16 heavy (non-hydrogen) atoms. The van der Waals surface area contributed by atoms with Gasteiger partial charge in [0.15, 0.2) is 0 Å². The molecule has 1 amide bonds. The van der Waals surface area contributed by atoms with Gasteiger partial charge in [-0.2, -0.15) is 0 Å². The number of carbonyl (C=O) groups excluding carboxylic acids is 1. The molecule has 0 unspecified atom stereocenters. The van der Waals surface area contributed by atoms with E-state index in [1.165, 1.54) is 16.9 Å². The van der Waals surface area contributed by atoms with Crippen LogP contribution in [0.5, 0.6) is 0 Å². The molecule has 4 heteroatoms. The van der Waals surface area contributed by atoms with E-state index < -0.39 is 0 Å². The first-order valence-corrected chi connectivity index (χ1v) is 6.34. The number of amides is 1. The molecule has 2 rings (SSSR count). The van der Waals surface area contributed by atoms with Gasteiger partial charge in [0, 0.05) is 11.4 Å². The Bertz CT molecular complexity index is 423. The van der Waals surface area contributed by atoms with Crippen LogP contribution < -0.4 is 11.1 Å². The van der Waals surface area contributed by atoms with E-state index in [-0.39, 0.29) is 5.91 Å². The Morgan fingerprint density at radius 3 is 3.00 bits per heavy atom. The second-order valence-electron chi connectivity index (χ2n) is 3.95. The van der Waals surface area contributed by atoms with Crippen molar-refractivity contribution < 1.29 is 4.79 Å². The van der Waals surface area contributed by atoms with Gasteiger partial charge in [0.1, 0.15) is 0 Å². The summed E-state index contributed by atoms with van der Waals surface area (Å²) in [6.07, 6.45) is 6.09. The van der Waals surface area contributed by atoms with Gasteiger partial charge in [0.2, 0.25) is 0 Å². The minimum absolute atomic E-state index is 0.0585. The number of nitrogen functional groups attached to an aromatic ring is 1. The van der Waals surface area contributed by atoms with Crippen LogP contribution in [0, 0.1) is 0 Å². The molecular formula is C12H16N2OS. The molecule has 1 aromatic rings. The number of carbonyl (C=O) groups is 1. The summed E-state index contributed by atoms with van der Waals surface area (Å²) in [4.78, 5) is 13.2. The lowest BCUT2D eigenvalue weighted by atomic mass is 9.95. The standard InChI is InChI=1S/C12H16N2OS/c1-2-7-14-12(15)10-8-5-3-4-6-9(8)16-11(10)13/h2H,1,3-7,13H2,(H,14,15). The highest BCUT2D eigenvalue weighted by Gasteiger charge is 2.23. The second kappa shape index (κ2) is 4.70. The molecule has 0 fully saturated rings. The van der Waals surface area contributed by atoms with Crippen molar-refractivity contribution in [3.63, 3.8) is 0 Å². The molecular weight excluding hydrogens is 220 g/mol. The summed E-state index contributed by atoms with van der Waals surface area (Å²) in [5, 5.41) is 3.46. The number of nitrogens with two attached hydrogens (primary N) is 1. The number of nitrogens with one attached hydrogen (secondary N) is 1. The van der Waals surface area contributed by atoms with E-state index in [0.29, 0.717) is 17.1 Å². The topological polar surface area (TPSA) is 55.1 Å². The van der Waals surface area contributed by atoms with Gasteiger partial charge < -0.3 is 11.1 Å². The third-order valence-corrected chi connectivity index (χ3v) is 3.95. The minimum Gasteiger partial charge on any atom is -0.390 e. The lowest BCUT2D eigenvalue weighted by Crippen LogP contribution is -2.25. The maximum atomic E-state index is 11.9. The van der Waals surface area contributed by atoms with Gasteiger partial charge in [-0.25, -0.2) is 0 Å². The Hall–Kier alpha value is -1.29. The van der Waals surface area contributed by atoms with E-state index in [1.54, 1.807) is 17.4 Å². The average Bonchev–Trinajstić information content (AvgIpc) is 2.62. The predicted molar refractivity (Wildman–Crippen MR) is 67.9 cm³/mol. The summed E-state index contributed by atoms with van der Waals surface area (Å²) >= 11 is 1.57. The summed E-state index contributed by atoms with van der Waals surface area (Å²) < 4.78 is 0. The molecule has 0 aromatic carbocycles. The van der Waals surface area contributed by atoms with Crippen LogP contribution >= 0.6 is 11.3 Å². The number of fused-ring (bicyclic) bond motifs is 1. The number of hydrogen-bond donors (Lipinski definition) is 2. The Labute approximate surface area is 99.3 Å². The summed E-state index contributed by atoms with van der Waals surface area (Å²) in [6.45, 7) is 4.07. The second-order valence-corrected chi connectivity index (χ2v) is 5.09. The zero-order valence-corrected chi connectivity index (χ0v) is 10.0. The maximum absolute atomic E-state index is 11.9. The van der Waals surface area contributed by atoms with E-state index in [9.17, 15) is 4.79 Å². The van der Waals surface area contributed by atoms with Crippen LogP contribution in [-0.4, -0.2) is 12.5 Å². The van der Waals surface area contributed by atoms with Crippen LogP contribution in [0.4, 0.5) is 5.00 Å². The lowest BCUT2D eigenvalue weighted by Gasteiger charge is -2.12. The third kappa shape index (κ3) is 1.97. The first-order chi connectivity index (χ1) is 7.74. The molecule has 1 heterocycles. The van der Waals surface area contributed by atoms with Gasteiger partial charge in [0.05, 0.1) is 10.6 Å². The van der Waals surface area contributed by atoms with Crippen molar-refractivity contribution in [3.8, 4) is 0 Å². The van der Waals surface area contributed by atoms with Gasteiger partial charge in [0.25, 0.3) is 5.91 Å². The van der Waals surface area contributed by atoms with Crippen LogP contribution in [0.1, 0.15) is 33.6 Å². The van der Waals surface area contributed by atoms with E-state index in [2.05, 4.69) is 11.9 Å². The SMILES string of the molecule is C=CCNC(=O)c1c(N)sc2c1CCCC2. The normalized spacial score (nSPS) is 14.2. The highest BCUT2D eigenvalue weighted by atomic mass is 32.1. The zero-order chi connectivity index (χ0) is 11.5. The molecule has 1 aliphatic carbocycles. The van der Waals surface area contributed by atoms with Crippen molar-refractivity contribution in [1.29, 1.82) is 0 Å². The smallest absolute Gasteiger partial charge is 0.254 e. The molecule has 0 saturated heterocycles. The van der Waals surface area contributed by atoms with Crippen LogP contribution in [0.25, 0.3) is 0 Å². The molecule has 0 saturated carbocycles. The monoisotopic (exact) mass is 236 g/mol. The largest absolute Gasteiger partial charge is 0.390 e. The van der Waals surface area contributed by atoms with Crippen molar-refractivity contribution in [2.75, 3.05) is 12.3 Å². The minimum atomic E-state index is -0.0585. The molecule has 1 aromatic heterocycles. The van der Waals surface area contributed by atoms with Gasteiger partial charge in [-0.3, -0.25) is 4.79 Å². The van der Waals surface area contributed by atoms with Gasteiger partial charge >= 0.3 is 0 Å². The Morgan fingerprint density at radius 2 is 2.25 bits per heavy atom. The summed E-state index contributed by atoms with van der Waals surface area (Å²) in [5.74, 6) is -0.0585. The third-order valence-electron chi connectivity index (χ3n) is 2.83. The number of rotatable bonds is 3. The van der Waals surface area contributed by atoms with Crippen molar-refractivity contribution in [1.82, 2.24) is 5.32 Å². The van der Waals surface area contributed by atoms with Crippen LogP contribution in [0.2, 0.25) is 0 Å². The quantitative estimate of drug-likeness (QED) is 0.790. The Balaban J connectivity index is 2.28. The summed E-state index contributed by atoms with van der Waals surface area (Å²) in [6, 6.07) is 0. The summed E-state index contributed by atoms with van der Waals surface area (Å²) in [5.41, 5.74) is 7.81. The molecule has 3 nitrogen and oxygen atoms in total. The van der Waals surface area contributed by atoms with Crippen molar-refractivity contribution in [2.24, 2.45) is 0 Å². The molecule has 3 N–H and O–H groups in total. The number of hydrogen-bond acceptors (Lipinski definition) is 3. The van der Waals surface area contributed by atoms with Crippen molar-refractivity contribution >= 4 is 22.2 Å². The average molecular weight is 236 g/mol. The summed E-state index contributed by atoms with van der Waals surface area (Å²) in [7, 11) is 0. The number of thiophene rings is 1.